The van der Waals surface area contributed by atoms with Gasteiger partial charge in [0.1, 0.15) is 0 Å². The zero-order valence-electron chi connectivity index (χ0n) is 9.31. The van der Waals surface area contributed by atoms with Gasteiger partial charge in [-0.05, 0) is 37.8 Å². The lowest BCUT2D eigenvalue weighted by Gasteiger charge is -2.25. The number of rotatable bonds is 7. The van der Waals surface area contributed by atoms with Crippen LogP contribution in [-0.4, -0.2) is 13.1 Å². The van der Waals surface area contributed by atoms with Gasteiger partial charge in [-0.2, -0.15) is 0 Å². The molecule has 0 amide bonds. The normalized spacial score (nSPS) is 19.8. The summed E-state index contributed by atoms with van der Waals surface area (Å²) in [5.41, 5.74) is 0. The Balaban J connectivity index is 1.82. The molecular formula is C12H25N. The van der Waals surface area contributed by atoms with Crippen molar-refractivity contribution in [2.75, 3.05) is 13.1 Å². The van der Waals surface area contributed by atoms with E-state index in [0.29, 0.717) is 0 Å². The van der Waals surface area contributed by atoms with Gasteiger partial charge in [0, 0.05) is 0 Å². The second-order valence-corrected chi connectivity index (χ2v) is 4.68. The Morgan fingerprint density at radius 3 is 2.69 bits per heavy atom. The second kappa shape index (κ2) is 6.42. The van der Waals surface area contributed by atoms with Crippen LogP contribution in [0.5, 0.6) is 0 Å². The molecule has 1 saturated carbocycles. The average molecular weight is 183 g/mol. The van der Waals surface area contributed by atoms with E-state index in [0.717, 1.165) is 11.8 Å². The summed E-state index contributed by atoms with van der Waals surface area (Å²) in [6.07, 6.45) is 8.58. The standard InChI is InChI=1S/C12H25N/c1-3-5-11(2)10-13-9-8-12-6-4-7-12/h11-13H,3-10H2,1-2H3. The summed E-state index contributed by atoms with van der Waals surface area (Å²) in [7, 11) is 0. The van der Waals surface area contributed by atoms with Crippen molar-refractivity contribution >= 4 is 0 Å². The van der Waals surface area contributed by atoms with Crippen LogP contribution < -0.4 is 5.32 Å². The van der Waals surface area contributed by atoms with Crippen LogP contribution >= 0.6 is 0 Å². The van der Waals surface area contributed by atoms with Gasteiger partial charge in [-0.25, -0.2) is 0 Å². The van der Waals surface area contributed by atoms with E-state index in [9.17, 15) is 0 Å². The van der Waals surface area contributed by atoms with Crippen LogP contribution in [0.25, 0.3) is 0 Å². The van der Waals surface area contributed by atoms with Crippen molar-refractivity contribution in [2.24, 2.45) is 11.8 Å². The zero-order chi connectivity index (χ0) is 9.52. The van der Waals surface area contributed by atoms with Crippen LogP contribution in [0.1, 0.15) is 52.4 Å². The molecule has 1 fully saturated rings. The van der Waals surface area contributed by atoms with E-state index in [1.165, 1.54) is 51.6 Å². The van der Waals surface area contributed by atoms with Crippen molar-refractivity contribution in [3.63, 3.8) is 0 Å². The van der Waals surface area contributed by atoms with Gasteiger partial charge in [-0.3, -0.25) is 0 Å². The molecule has 78 valence electrons. The summed E-state index contributed by atoms with van der Waals surface area (Å²) in [5, 5.41) is 3.57. The van der Waals surface area contributed by atoms with Crippen molar-refractivity contribution in [2.45, 2.75) is 52.4 Å². The average Bonchev–Trinajstić information content (AvgIpc) is 2.01. The Morgan fingerprint density at radius 1 is 1.38 bits per heavy atom. The lowest BCUT2D eigenvalue weighted by molar-refractivity contribution is 0.289. The third kappa shape index (κ3) is 4.66. The molecule has 1 aliphatic rings. The topological polar surface area (TPSA) is 12.0 Å². The maximum absolute atomic E-state index is 3.57. The Kier molecular flexibility index (Phi) is 5.45. The van der Waals surface area contributed by atoms with E-state index in [1.54, 1.807) is 0 Å². The summed E-state index contributed by atoms with van der Waals surface area (Å²) >= 11 is 0. The Morgan fingerprint density at radius 2 is 2.15 bits per heavy atom. The van der Waals surface area contributed by atoms with Gasteiger partial charge >= 0.3 is 0 Å². The highest BCUT2D eigenvalue weighted by Crippen LogP contribution is 2.28. The van der Waals surface area contributed by atoms with E-state index in [2.05, 4.69) is 19.2 Å². The maximum atomic E-state index is 3.57. The first kappa shape index (κ1) is 11.0. The molecule has 0 bridgehead atoms. The summed E-state index contributed by atoms with van der Waals surface area (Å²) in [4.78, 5) is 0. The molecule has 1 aliphatic carbocycles. The fraction of sp³-hybridized carbons (Fsp3) is 1.00. The molecule has 0 aromatic heterocycles. The van der Waals surface area contributed by atoms with Crippen LogP contribution in [0.4, 0.5) is 0 Å². The highest BCUT2D eigenvalue weighted by Gasteiger charge is 2.16. The van der Waals surface area contributed by atoms with Gasteiger partial charge in [-0.1, -0.05) is 39.5 Å². The van der Waals surface area contributed by atoms with Crippen LogP contribution in [0.3, 0.4) is 0 Å². The van der Waals surface area contributed by atoms with Gasteiger partial charge in [0.15, 0.2) is 0 Å². The third-order valence-corrected chi connectivity index (χ3v) is 3.23. The van der Waals surface area contributed by atoms with Crippen LogP contribution in [0.15, 0.2) is 0 Å². The molecule has 1 unspecified atom stereocenters. The summed E-state index contributed by atoms with van der Waals surface area (Å²) < 4.78 is 0. The van der Waals surface area contributed by atoms with E-state index in [4.69, 9.17) is 0 Å². The summed E-state index contributed by atoms with van der Waals surface area (Å²) in [6, 6.07) is 0. The molecule has 1 nitrogen and oxygen atoms in total. The van der Waals surface area contributed by atoms with Gasteiger partial charge in [0.2, 0.25) is 0 Å². The molecule has 0 aliphatic heterocycles. The molecule has 1 N–H and O–H groups in total. The van der Waals surface area contributed by atoms with Gasteiger partial charge in [0.25, 0.3) is 0 Å². The fourth-order valence-corrected chi connectivity index (χ4v) is 2.03. The molecule has 1 heteroatoms. The van der Waals surface area contributed by atoms with Gasteiger partial charge in [-0.15, -0.1) is 0 Å². The monoisotopic (exact) mass is 183 g/mol. The van der Waals surface area contributed by atoms with Crippen molar-refractivity contribution in [1.29, 1.82) is 0 Å². The van der Waals surface area contributed by atoms with Crippen LogP contribution in [-0.2, 0) is 0 Å². The number of nitrogens with one attached hydrogen (secondary N) is 1. The third-order valence-electron chi connectivity index (χ3n) is 3.23. The summed E-state index contributed by atoms with van der Waals surface area (Å²) in [5.74, 6) is 1.93. The molecule has 0 spiro atoms. The first-order valence-corrected chi connectivity index (χ1v) is 6.03. The number of hydrogen-bond donors (Lipinski definition) is 1. The minimum absolute atomic E-state index is 0.867. The van der Waals surface area contributed by atoms with E-state index in [-0.39, 0.29) is 0 Å². The van der Waals surface area contributed by atoms with Crippen molar-refractivity contribution in [3.8, 4) is 0 Å². The van der Waals surface area contributed by atoms with E-state index in [1.807, 2.05) is 0 Å². The van der Waals surface area contributed by atoms with E-state index >= 15 is 0 Å². The predicted molar refractivity (Wildman–Crippen MR) is 58.9 cm³/mol. The van der Waals surface area contributed by atoms with Crippen LogP contribution in [0.2, 0.25) is 0 Å². The first-order chi connectivity index (χ1) is 6.33. The van der Waals surface area contributed by atoms with Crippen LogP contribution in [0, 0.1) is 11.8 Å². The summed E-state index contributed by atoms with van der Waals surface area (Å²) in [6.45, 7) is 7.09. The van der Waals surface area contributed by atoms with Crippen molar-refractivity contribution < 1.29 is 0 Å². The van der Waals surface area contributed by atoms with Crippen molar-refractivity contribution in [1.82, 2.24) is 5.32 Å². The Hall–Kier alpha value is -0.0400. The van der Waals surface area contributed by atoms with E-state index < -0.39 is 0 Å². The molecular weight excluding hydrogens is 158 g/mol. The largest absolute Gasteiger partial charge is 0.316 e. The molecule has 0 heterocycles. The van der Waals surface area contributed by atoms with Gasteiger partial charge < -0.3 is 5.32 Å². The first-order valence-electron chi connectivity index (χ1n) is 6.03. The lowest BCUT2D eigenvalue weighted by atomic mass is 9.83. The highest BCUT2D eigenvalue weighted by atomic mass is 14.9. The van der Waals surface area contributed by atoms with Gasteiger partial charge in [0.05, 0.1) is 0 Å². The molecule has 0 aromatic carbocycles. The molecule has 0 aromatic rings. The van der Waals surface area contributed by atoms with Crippen molar-refractivity contribution in [3.05, 3.63) is 0 Å². The zero-order valence-corrected chi connectivity index (χ0v) is 9.31. The fourth-order valence-electron chi connectivity index (χ4n) is 2.03. The maximum Gasteiger partial charge on any atom is -0.00232 e. The SMILES string of the molecule is CCCC(C)CNCCC1CCC1. The Bertz CT molecular complexity index is 118. The molecule has 13 heavy (non-hydrogen) atoms. The number of hydrogen-bond acceptors (Lipinski definition) is 1. The molecule has 1 atom stereocenters. The smallest absolute Gasteiger partial charge is 0.00232 e. The Labute approximate surface area is 83.3 Å². The predicted octanol–water partition coefficient (Wildman–Crippen LogP) is 3.20. The highest BCUT2D eigenvalue weighted by molar-refractivity contribution is 4.70. The molecule has 0 radical (unpaired) electrons. The minimum Gasteiger partial charge on any atom is -0.316 e. The quantitative estimate of drug-likeness (QED) is 0.598. The lowest BCUT2D eigenvalue weighted by Crippen LogP contribution is -2.25. The molecule has 0 saturated heterocycles. The second-order valence-electron chi connectivity index (χ2n) is 4.68. The minimum atomic E-state index is 0.867. The molecule has 1 rings (SSSR count).